The molecule has 4 heteroatoms. The van der Waals surface area contributed by atoms with E-state index in [0.717, 1.165) is 6.61 Å². The predicted molar refractivity (Wildman–Crippen MR) is 86.4 cm³/mol. The van der Waals surface area contributed by atoms with E-state index >= 15 is 0 Å². The molecule has 3 fully saturated rings. The molecule has 2 atom stereocenters. The lowest BCUT2D eigenvalue weighted by Gasteiger charge is -2.39. The van der Waals surface area contributed by atoms with E-state index in [9.17, 15) is 0 Å². The molecule has 0 amide bonds. The van der Waals surface area contributed by atoms with Crippen LogP contribution in [0, 0.1) is 0 Å². The number of thioether (sulfide) groups is 2. The van der Waals surface area contributed by atoms with E-state index in [4.69, 9.17) is 4.74 Å². The second-order valence-electron chi connectivity index (χ2n) is 6.50. The molecule has 2 saturated heterocycles. The van der Waals surface area contributed by atoms with E-state index in [1.165, 1.54) is 63.0 Å². The lowest BCUT2D eigenvalue weighted by molar-refractivity contribution is -0.0702. The average Bonchev–Trinajstić information content (AvgIpc) is 3.07. The number of rotatable bonds is 4. The third kappa shape index (κ3) is 3.28. The maximum absolute atomic E-state index is 6.11. The Morgan fingerprint density at radius 3 is 2.84 bits per heavy atom. The first-order chi connectivity index (χ1) is 9.26. The Balaban J connectivity index is 1.52. The van der Waals surface area contributed by atoms with Gasteiger partial charge in [-0.05, 0) is 44.1 Å². The SMILES string of the molecule is CSC1(CNC2CCOC3(CCSC3)C2)CCCC1. The fourth-order valence-corrected chi connectivity index (χ4v) is 6.17. The van der Waals surface area contributed by atoms with E-state index in [0.29, 0.717) is 10.8 Å². The van der Waals surface area contributed by atoms with Crippen LogP contribution in [0.2, 0.25) is 0 Å². The van der Waals surface area contributed by atoms with Crippen molar-refractivity contribution in [1.82, 2.24) is 5.32 Å². The van der Waals surface area contributed by atoms with Crippen LogP contribution in [0.15, 0.2) is 0 Å². The van der Waals surface area contributed by atoms with Gasteiger partial charge in [0.05, 0.1) is 5.60 Å². The van der Waals surface area contributed by atoms with Crippen molar-refractivity contribution >= 4 is 23.5 Å². The Labute approximate surface area is 126 Å². The summed E-state index contributed by atoms with van der Waals surface area (Å²) in [6, 6.07) is 0.692. The molecule has 0 aromatic rings. The van der Waals surface area contributed by atoms with Crippen molar-refractivity contribution in [3.8, 4) is 0 Å². The van der Waals surface area contributed by atoms with Gasteiger partial charge in [0.15, 0.2) is 0 Å². The number of hydrogen-bond donors (Lipinski definition) is 1. The Hall–Kier alpha value is 0.620. The van der Waals surface area contributed by atoms with Gasteiger partial charge in [0.1, 0.15) is 0 Å². The highest BCUT2D eigenvalue weighted by Gasteiger charge is 2.41. The zero-order chi connectivity index (χ0) is 13.2. The lowest BCUT2D eigenvalue weighted by Crippen LogP contribution is -2.50. The summed E-state index contributed by atoms with van der Waals surface area (Å²) in [5, 5.41) is 3.90. The third-order valence-corrected chi connectivity index (χ3v) is 7.86. The van der Waals surface area contributed by atoms with Gasteiger partial charge in [-0.1, -0.05) is 12.8 Å². The first-order valence-corrected chi connectivity index (χ1v) is 10.1. The summed E-state index contributed by atoms with van der Waals surface area (Å²) in [5.74, 6) is 2.51. The van der Waals surface area contributed by atoms with Crippen molar-refractivity contribution < 1.29 is 4.74 Å². The van der Waals surface area contributed by atoms with Gasteiger partial charge in [-0.25, -0.2) is 0 Å². The van der Waals surface area contributed by atoms with Crippen LogP contribution in [0.5, 0.6) is 0 Å². The van der Waals surface area contributed by atoms with Crippen LogP contribution >= 0.6 is 23.5 Å². The molecule has 1 N–H and O–H groups in total. The van der Waals surface area contributed by atoms with Crippen LogP contribution in [0.25, 0.3) is 0 Å². The van der Waals surface area contributed by atoms with Crippen LogP contribution in [-0.4, -0.2) is 47.3 Å². The van der Waals surface area contributed by atoms with Gasteiger partial charge in [-0.3, -0.25) is 0 Å². The normalized spacial score (nSPS) is 38.1. The second kappa shape index (κ2) is 6.17. The van der Waals surface area contributed by atoms with Gasteiger partial charge in [-0.15, -0.1) is 0 Å². The molecular weight excluding hydrogens is 274 g/mol. The minimum Gasteiger partial charge on any atom is -0.374 e. The smallest absolute Gasteiger partial charge is 0.0795 e. The molecule has 110 valence electrons. The van der Waals surface area contributed by atoms with E-state index in [2.05, 4.69) is 35.1 Å². The minimum atomic E-state index is 0.225. The van der Waals surface area contributed by atoms with Gasteiger partial charge in [0, 0.05) is 29.7 Å². The van der Waals surface area contributed by atoms with Gasteiger partial charge >= 0.3 is 0 Å². The molecule has 3 rings (SSSR count). The first kappa shape index (κ1) is 14.6. The van der Waals surface area contributed by atoms with Crippen molar-refractivity contribution in [3.63, 3.8) is 0 Å². The van der Waals surface area contributed by atoms with E-state index in [1.54, 1.807) is 0 Å². The van der Waals surface area contributed by atoms with Crippen LogP contribution < -0.4 is 5.32 Å². The Bertz CT molecular complexity index is 299. The maximum atomic E-state index is 6.11. The summed E-state index contributed by atoms with van der Waals surface area (Å²) >= 11 is 4.17. The molecule has 0 aromatic carbocycles. The largest absolute Gasteiger partial charge is 0.374 e. The zero-order valence-electron chi connectivity index (χ0n) is 12.1. The van der Waals surface area contributed by atoms with Crippen LogP contribution in [0.4, 0.5) is 0 Å². The molecule has 2 aliphatic heterocycles. The Kier molecular flexibility index (Phi) is 4.72. The molecule has 1 saturated carbocycles. The molecular formula is C15H27NOS2. The third-order valence-electron chi connectivity index (χ3n) is 5.22. The van der Waals surface area contributed by atoms with Crippen molar-refractivity contribution in [2.45, 2.75) is 61.3 Å². The van der Waals surface area contributed by atoms with Gasteiger partial charge in [0.25, 0.3) is 0 Å². The minimum absolute atomic E-state index is 0.225. The Morgan fingerprint density at radius 2 is 2.16 bits per heavy atom. The molecule has 1 aliphatic carbocycles. The second-order valence-corrected chi connectivity index (χ2v) is 8.88. The topological polar surface area (TPSA) is 21.3 Å². The summed E-state index contributed by atoms with van der Waals surface area (Å²) in [6.45, 7) is 2.17. The molecule has 2 heterocycles. The molecule has 2 nitrogen and oxygen atoms in total. The van der Waals surface area contributed by atoms with E-state index in [1.807, 2.05) is 0 Å². The fourth-order valence-electron chi connectivity index (χ4n) is 3.87. The van der Waals surface area contributed by atoms with Gasteiger partial charge < -0.3 is 10.1 Å². The van der Waals surface area contributed by atoms with Crippen molar-refractivity contribution in [1.29, 1.82) is 0 Å². The standard InChI is InChI=1S/C15H27NOS2/c1-18-15(5-2-3-6-15)11-16-13-4-8-17-14(10-13)7-9-19-12-14/h13,16H,2-12H2,1H3. The lowest BCUT2D eigenvalue weighted by atomic mass is 9.89. The van der Waals surface area contributed by atoms with Crippen LogP contribution in [-0.2, 0) is 4.74 Å². The van der Waals surface area contributed by atoms with Crippen molar-refractivity contribution in [2.75, 3.05) is 30.9 Å². The van der Waals surface area contributed by atoms with Gasteiger partial charge in [-0.2, -0.15) is 23.5 Å². The predicted octanol–water partition coefficient (Wildman–Crippen LogP) is 3.31. The van der Waals surface area contributed by atoms with Crippen molar-refractivity contribution in [3.05, 3.63) is 0 Å². The highest BCUT2D eigenvalue weighted by Crippen LogP contribution is 2.41. The summed E-state index contributed by atoms with van der Waals surface area (Å²) in [4.78, 5) is 0. The number of hydrogen-bond acceptors (Lipinski definition) is 4. The molecule has 0 aromatic heterocycles. The average molecular weight is 302 g/mol. The highest BCUT2D eigenvalue weighted by molar-refractivity contribution is 8.00. The molecule has 0 bridgehead atoms. The van der Waals surface area contributed by atoms with Crippen LogP contribution in [0.3, 0.4) is 0 Å². The van der Waals surface area contributed by atoms with E-state index in [-0.39, 0.29) is 5.60 Å². The Morgan fingerprint density at radius 1 is 1.32 bits per heavy atom. The highest BCUT2D eigenvalue weighted by atomic mass is 32.2. The van der Waals surface area contributed by atoms with Crippen LogP contribution in [0.1, 0.15) is 44.9 Å². The monoisotopic (exact) mass is 301 g/mol. The quantitative estimate of drug-likeness (QED) is 0.859. The molecule has 2 unspecified atom stereocenters. The summed E-state index contributed by atoms with van der Waals surface area (Å²) in [6.07, 6.45) is 11.7. The molecule has 1 spiro atoms. The molecule has 19 heavy (non-hydrogen) atoms. The zero-order valence-corrected chi connectivity index (χ0v) is 13.7. The maximum Gasteiger partial charge on any atom is 0.0795 e. The summed E-state index contributed by atoms with van der Waals surface area (Å²) < 4.78 is 6.65. The first-order valence-electron chi connectivity index (χ1n) is 7.76. The number of nitrogens with one attached hydrogen (secondary N) is 1. The van der Waals surface area contributed by atoms with Gasteiger partial charge in [0.2, 0.25) is 0 Å². The number of ether oxygens (including phenoxy) is 1. The molecule has 0 radical (unpaired) electrons. The summed E-state index contributed by atoms with van der Waals surface area (Å²) in [5.41, 5.74) is 0.225. The summed E-state index contributed by atoms with van der Waals surface area (Å²) in [7, 11) is 0. The van der Waals surface area contributed by atoms with Crippen molar-refractivity contribution in [2.24, 2.45) is 0 Å². The fraction of sp³-hybridized carbons (Fsp3) is 1.00. The molecule has 3 aliphatic rings. The van der Waals surface area contributed by atoms with E-state index < -0.39 is 0 Å².